The van der Waals surface area contributed by atoms with Gasteiger partial charge in [0.2, 0.25) is 11.1 Å². The monoisotopic (exact) mass is 352 g/mol. The Bertz CT molecular complexity index is 776. The Labute approximate surface area is 138 Å². The van der Waals surface area contributed by atoms with Crippen molar-refractivity contribution in [2.24, 2.45) is 0 Å². The third-order valence-corrected chi connectivity index (χ3v) is 4.46. The second-order valence-electron chi connectivity index (χ2n) is 4.00. The minimum atomic E-state index is -0.173. The van der Waals surface area contributed by atoms with Crippen molar-refractivity contribution in [3.05, 3.63) is 40.9 Å². The van der Waals surface area contributed by atoms with Crippen LogP contribution in [0.1, 0.15) is 0 Å². The first-order valence-electron chi connectivity index (χ1n) is 6.09. The zero-order valence-electron chi connectivity index (χ0n) is 11.0. The summed E-state index contributed by atoms with van der Waals surface area (Å²) in [6, 6.07) is 7.22. The van der Waals surface area contributed by atoms with Crippen molar-refractivity contribution in [3.63, 3.8) is 0 Å². The average molecular weight is 353 g/mol. The van der Waals surface area contributed by atoms with Crippen LogP contribution in [0, 0.1) is 0 Å². The zero-order valence-corrected chi connectivity index (χ0v) is 13.4. The zero-order chi connectivity index (χ0) is 15.4. The van der Waals surface area contributed by atoms with Crippen LogP contribution in [0.4, 0.5) is 5.13 Å². The number of para-hydroxylation sites is 1. The first kappa shape index (κ1) is 14.9. The van der Waals surface area contributed by atoms with Gasteiger partial charge < -0.3 is 5.32 Å². The number of carbonyl (C=O) groups is 1. The van der Waals surface area contributed by atoms with Crippen molar-refractivity contribution in [2.75, 3.05) is 11.1 Å². The lowest BCUT2D eigenvalue weighted by molar-refractivity contribution is -0.113. The number of anilines is 1. The fourth-order valence-corrected chi connectivity index (χ4v) is 3.06. The first-order valence-corrected chi connectivity index (χ1v) is 8.34. The van der Waals surface area contributed by atoms with E-state index in [9.17, 15) is 4.79 Å². The topological polar surface area (TPSA) is 85.6 Å². The third-order valence-electron chi connectivity index (χ3n) is 2.53. The Morgan fingerprint density at radius 1 is 1.41 bits per heavy atom. The Morgan fingerprint density at radius 2 is 2.27 bits per heavy atom. The van der Waals surface area contributed by atoms with Crippen molar-refractivity contribution < 1.29 is 4.79 Å². The van der Waals surface area contributed by atoms with E-state index in [1.165, 1.54) is 27.8 Å². The second-order valence-corrected chi connectivity index (χ2v) is 6.24. The molecule has 7 nitrogen and oxygen atoms in total. The molecule has 0 unspecified atom stereocenters. The van der Waals surface area contributed by atoms with Crippen LogP contribution in [-0.4, -0.2) is 36.9 Å². The van der Waals surface area contributed by atoms with E-state index in [-0.39, 0.29) is 11.7 Å². The maximum atomic E-state index is 11.9. The Hall–Kier alpha value is -1.97. The van der Waals surface area contributed by atoms with Crippen molar-refractivity contribution in [3.8, 4) is 5.69 Å². The van der Waals surface area contributed by atoms with Gasteiger partial charge in [-0.3, -0.25) is 4.79 Å². The van der Waals surface area contributed by atoms with Gasteiger partial charge in [0.1, 0.15) is 0 Å². The summed E-state index contributed by atoms with van der Waals surface area (Å²) in [6.45, 7) is 0. The van der Waals surface area contributed by atoms with Gasteiger partial charge in [-0.2, -0.15) is 4.68 Å². The van der Waals surface area contributed by atoms with E-state index in [1.807, 2.05) is 12.1 Å². The molecule has 112 valence electrons. The molecule has 0 aliphatic rings. The molecule has 2 aromatic heterocycles. The maximum absolute atomic E-state index is 11.9. The van der Waals surface area contributed by atoms with Gasteiger partial charge in [0.15, 0.2) is 5.13 Å². The lowest BCUT2D eigenvalue weighted by Gasteiger charge is -2.05. The fourth-order valence-electron chi connectivity index (χ4n) is 1.61. The molecule has 1 N–H and O–H groups in total. The summed E-state index contributed by atoms with van der Waals surface area (Å²) in [7, 11) is 0. The predicted molar refractivity (Wildman–Crippen MR) is 85.6 cm³/mol. The normalized spacial score (nSPS) is 10.6. The van der Waals surface area contributed by atoms with Crippen LogP contribution in [-0.2, 0) is 4.79 Å². The minimum absolute atomic E-state index is 0.171. The molecule has 1 amide bonds. The summed E-state index contributed by atoms with van der Waals surface area (Å²) in [4.78, 5) is 15.8. The van der Waals surface area contributed by atoms with Crippen molar-refractivity contribution in [1.82, 2.24) is 25.2 Å². The van der Waals surface area contributed by atoms with Gasteiger partial charge in [0.25, 0.3) is 0 Å². The number of carbonyl (C=O) groups excluding carboxylic acids is 1. The summed E-state index contributed by atoms with van der Waals surface area (Å²) in [5.41, 5.74) is 0.664. The molecular weight excluding hydrogens is 344 g/mol. The highest BCUT2D eigenvalue weighted by molar-refractivity contribution is 7.99. The number of nitrogens with one attached hydrogen (secondary N) is 1. The van der Waals surface area contributed by atoms with Crippen LogP contribution in [0.5, 0.6) is 0 Å². The summed E-state index contributed by atoms with van der Waals surface area (Å²) in [5.74, 6) is -0.00150. The standard InChI is InChI=1S/C12H9ClN6OS2/c13-8-3-1-2-4-9(8)19-12(16-17-18-19)22-7-10(20)15-11-14-5-6-21-11/h1-6H,7H2,(H,14,15,20). The molecule has 0 spiro atoms. The fraction of sp³-hybridized carbons (Fsp3) is 0.0833. The molecule has 2 heterocycles. The van der Waals surface area contributed by atoms with Gasteiger partial charge in [-0.25, -0.2) is 4.98 Å². The molecule has 0 radical (unpaired) electrons. The number of benzene rings is 1. The number of hydrogen-bond acceptors (Lipinski definition) is 7. The first-order chi connectivity index (χ1) is 10.7. The summed E-state index contributed by atoms with van der Waals surface area (Å²) in [5, 5.41) is 17.5. The average Bonchev–Trinajstić information content (AvgIpc) is 3.17. The van der Waals surface area contributed by atoms with Crippen molar-refractivity contribution >= 4 is 45.7 Å². The van der Waals surface area contributed by atoms with Crippen LogP contribution in [0.15, 0.2) is 41.0 Å². The van der Waals surface area contributed by atoms with Gasteiger partial charge in [0.05, 0.1) is 16.5 Å². The number of thiazole rings is 1. The number of hydrogen-bond donors (Lipinski definition) is 1. The Morgan fingerprint density at radius 3 is 3.05 bits per heavy atom. The van der Waals surface area contributed by atoms with Gasteiger partial charge in [-0.15, -0.1) is 16.4 Å². The molecule has 0 aliphatic heterocycles. The quantitative estimate of drug-likeness (QED) is 0.710. The highest BCUT2D eigenvalue weighted by Crippen LogP contribution is 2.24. The highest BCUT2D eigenvalue weighted by Gasteiger charge is 2.13. The van der Waals surface area contributed by atoms with E-state index >= 15 is 0 Å². The number of thioether (sulfide) groups is 1. The number of halogens is 1. The van der Waals surface area contributed by atoms with E-state index in [0.29, 0.717) is 21.0 Å². The largest absolute Gasteiger partial charge is 0.301 e. The van der Waals surface area contributed by atoms with E-state index in [0.717, 1.165) is 0 Å². The molecule has 0 saturated heterocycles. The van der Waals surface area contributed by atoms with Crippen LogP contribution in [0.25, 0.3) is 5.69 Å². The number of nitrogens with zero attached hydrogens (tertiary/aromatic N) is 5. The number of amides is 1. The van der Waals surface area contributed by atoms with E-state index in [2.05, 4.69) is 25.8 Å². The van der Waals surface area contributed by atoms with Crippen LogP contribution in [0.3, 0.4) is 0 Å². The molecule has 10 heteroatoms. The molecule has 0 aliphatic carbocycles. The molecular formula is C12H9ClN6OS2. The van der Waals surface area contributed by atoms with Crippen LogP contribution < -0.4 is 5.32 Å². The maximum Gasteiger partial charge on any atom is 0.236 e. The number of aromatic nitrogens is 5. The summed E-state index contributed by atoms with van der Waals surface area (Å²) < 4.78 is 1.50. The van der Waals surface area contributed by atoms with Crippen molar-refractivity contribution in [1.29, 1.82) is 0 Å². The second kappa shape index (κ2) is 6.86. The minimum Gasteiger partial charge on any atom is -0.301 e. The van der Waals surface area contributed by atoms with Crippen LogP contribution in [0.2, 0.25) is 5.02 Å². The van der Waals surface area contributed by atoms with Crippen LogP contribution >= 0.6 is 34.7 Å². The molecule has 0 fully saturated rings. The Balaban J connectivity index is 1.68. The predicted octanol–water partition coefficient (Wildman–Crippen LogP) is 2.50. The lowest BCUT2D eigenvalue weighted by Crippen LogP contribution is -2.14. The molecule has 0 atom stereocenters. The molecule has 0 saturated carbocycles. The van der Waals surface area contributed by atoms with Gasteiger partial charge in [0, 0.05) is 11.6 Å². The van der Waals surface area contributed by atoms with Gasteiger partial charge >= 0.3 is 0 Å². The highest BCUT2D eigenvalue weighted by atomic mass is 35.5. The molecule has 1 aromatic carbocycles. The number of rotatable bonds is 5. The van der Waals surface area contributed by atoms with Gasteiger partial charge in [-0.1, -0.05) is 35.5 Å². The number of tetrazole rings is 1. The molecule has 3 rings (SSSR count). The molecule has 0 bridgehead atoms. The van der Waals surface area contributed by atoms with E-state index in [4.69, 9.17) is 11.6 Å². The lowest BCUT2D eigenvalue weighted by atomic mass is 10.3. The Kier molecular flexibility index (Phi) is 4.66. The van der Waals surface area contributed by atoms with E-state index in [1.54, 1.807) is 23.7 Å². The van der Waals surface area contributed by atoms with E-state index < -0.39 is 0 Å². The SMILES string of the molecule is O=C(CSc1nnnn1-c1ccccc1Cl)Nc1nccs1. The summed E-state index contributed by atoms with van der Waals surface area (Å²) in [6.07, 6.45) is 1.63. The van der Waals surface area contributed by atoms with Gasteiger partial charge in [-0.05, 0) is 22.6 Å². The summed E-state index contributed by atoms with van der Waals surface area (Å²) >= 11 is 8.71. The molecule has 3 aromatic rings. The smallest absolute Gasteiger partial charge is 0.236 e. The molecule has 22 heavy (non-hydrogen) atoms. The third kappa shape index (κ3) is 3.43. The van der Waals surface area contributed by atoms with Crippen molar-refractivity contribution in [2.45, 2.75) is 5.16 Å².